The molecule has 4 rings (SSSR count). The fourth-order valence-corrected chi connectivity index (χ4v) is 3.41. The van der Waals surface area contributed by atoms with Gasteiger partial charge in [-0.2, -0.15) is 5.10 Å². The molecule has 1 aromatic carbocycles. The van der Waals surface area contributed by atoms with E-state index in [0.717, 1.165) is 18.5 Å². The summed E-state index contributed by atoms with van der Waals surface area (Å²) in [5.74, 6) is 0.685. The van der Waals surface area contributed by atoms with Gasteiger partial charge in [0.1, 0.15) is 0 Å². The average molecular weight is 341 g/mol. The molecule has 1 saturated carbocycles. The number of rotatable bonds is 4. The molecule has 6 nitrogen and oxygen atoms in total. The Morgan fingerprint density at radius 1 is 1.24 bits per heavy atom. The third-order valence-electron chi connectivity index (χ3n) is 4.76. The van der Waals surface area contributed by atoms with Crippen LogP contribution in [0.4, 0.5) is 5.82 Å². The number of ether oxygens (including phenoxy) is 1. The summed E-state index contributed by atoms with van der Waals surface area (Å²) >= 11 is 0. The van der Waals surface area contributed by atoms with E-state index in [1.807, 2.05) is 28.9 Å². The van der Waals surface area contributed by atoms with Crippen molar-refractivity contribution in [2.75, 3.05) is 5.48 Å². The van der Waals surface area contributed by atoms with Crippen LogP contribution in [0, 0.1) is 0 Å². The van der Waals surface area contributed by atoms with Crippen molar-refractivity contribution in [3.05, 3.63) is 47.7 Å². The van der Waals surface area contributed by atoms with Gasteiger partial charge in [-0.25, -0.2) is 15.0 Å². The summed E-state index contributed by atoms with van der Waals surface area (Å²) < 4.78 is 7.40. The highest BCUT2D eigenvalue weighted by Gasteiger charge is 2.49. The second kappa shape index (κ2) is 5.88. The topological polar surface area (TPSA) is 68.7 Å². The summed E-state index contributed by atoms with van der Waals surface area (Å²) in [5.41, 5.74) is 4.12. The van der Waals surface area contributed by atoms with Gasteiger partial charge in [-0.05, 0) is 45.7 Å². The van der Waals surface area contributed by atoms with Crippen LogP contribution < -0.4 is 5.48 Å². The summed E-state index contributed by atoms with van der Waals surface area (Å²) in [7, 11) is 0. The van der Waals surface area contributed by atoms with Crippen LogP contribution >= 0.6 is 0 Å². The standard InChI is InChI=1S/C19H23N3O3/c1-19(2,3)22-17(21-25-18(23)12-7-5-4-6-8-12)11-14(20-22)13-9-15-16(10-13)24-15/h4-8,11,13,15-16,21H,9-10H2,1-3H3/t13-,15-,16+. The van der Waals surface area contributed by atoms with E-state index in [-0.39, 0.29) is 5.54 Å². The van der Waals surface area contributed by atoms with Crippen LogP contribution in [0.25, 0.3) is 0 Å². The fourth-order valence-electron chi connectivity index (χ4n) is 3.41. The Kier molecular flexibility index (Phi) is 3.80. The van der Waals surface area contributed by atoms with Gasteiger partial charge in [0.05, 0.1) is 29.0 Å². The van der Waals surface area contributed by atoms with Crippen LogP contribution in [-0.2, 0) is 15.1 Å². The zero-order valence-electron chi connectivity index (χ0n) is 14.7. The van der Waals surface area contributed by atoms with Gasteiger partial charge < -0.3 is 9.57 Å². The summed E-state index contributed by atoms with van der Waals surface area (Å²) in [4.78, 5) is 17.4. The van der Waals surface area contributed by atoms with Crippen molar-refractivity contribution in [1.29, 1.82) is 0 Å². The first-order valence-corrected chi connectivity index (χ1v) is 8.70. The molecule has 2 aromatic rings. The predicted octanol–water partition coefficient (Wildman–Crippen LogP) is 3.47. The van der Waals surface area contributed by atoms with E-state index in [4.69, 9.17) is 14.7 Å². The minimum absolute atomic E-state index is 0.224. The summed E-state index contributed by atoms with van der Waals surface area (Å²) in [6, 6.07) is 10.9. The van der Waals surface area contributed by atoms with Gasteiger partial charge in [-0.1, -0.05) is 18.2 Å². The van der Waals surface area contributed by atoms with Gasteiger partial charge in [-0.15, -0.1) is 0 Å². The van der Waals surface area contributed by atoms with Crippen molar-refractivity contribution in [2.45, 2.75) is 57.3 Å². The predicted molar refractivity (Wildman–Crippen MR) is 93.3 cm³/mol. The SMILES string of the molecule is CC(C)(C)n1nc([C@H]2C[C@@H]3O[C@@H]3C2)cc1NOC(=O)c1ccccc1. The molecule has 1 aliphatic carbocycles. The summed E-state index contributed by atoms with van der Waals surface area (Å²) in [6.45, 7) is 6.22. The molecule has 1 aliphatic heterocycles. The van der Waals surface area contributed by atoms with Crippen molar-refractivity contribution in [3.63, 3.8) is 0 Å². The van der Waals surface area contributed by atoms with E-state index < -0.39 is 5.97 Å². The number of hydrogen-bond acceptors (Lipinski definition) is 5. The number of nitrogens with one attached hydrogen (secondary N) is 1. The molecule has 0 spiro atoms. The van der Waals surface area contributed by atoms with Crippen molar-refractivity contribution < 1.29 is 14.4 Å². The van der Waals surface area contributed by atoms with Crippen LogP contribution in [0.15, 0.2) is 36.4 Å². The van der Waals surface area contributed by atoms with Gasteiger partial charge in [0, 0.05) is 12.0 Å². The Morgan fingerprint density at radius 2 is 1.92 bits per heavy atom. The minimum atomic E-state index is -0.417. The molecule has 6 heteroatoms. The molecule has 0 unspecified atom stereocenters. The number of aromatic nitrogens is 2. The molecule has 1 N–H and O–H groups in total. The number of fused-ring (bicyclic) bond motifs is 1. The monoisotopic (exact) mass is 341 g/mol. The van der Waals surface area contributed by atoms with Crippen molar-refractivity contribution in [3.8, 4) is 0 Å². The average Bonchev–Trinajstić information content (AvgIpc) is 3.00. The normalized spacial score (nSPS) is 24.7. The van der Waals surface area contributed by atoms with Crippen molar-refractivity contribution in [2.24, 2.45) is 0 Å². The highest BCUT2D eigenvalue weighted by atomic mass is 16.7. The molecule has 2 heterocycles. The van der Waals surface area contributed by atoms with Crippen LogP contribution in [0.5, 0.6) is 0 Å². The molecular formula is C19H23N3O3. The lowest BCUT2D eigenvalue weighted by atomic mass is 10.0. The van der Waals surface area contributed by atoms with Gasteiger partial charge >= 0.3 is 5.97 Å². The van der Waals surface area contributed by atoms with E-state index in [1.54, 1.807) is 12.1 Å². The first-order valence-electron chi connectivity index (χ1n) is 8.70. The fraction of sp³-hybridized carbons (Fsp3) is 0.474. The van der Waals surface area contributed by atoms with Crippen molar-refractivity contribution in [1.82, 2.24) is 9.78 Å². The molecule has 2 aliphatic rings. The lowest BCUT2D eigenvalue weighted by molar-refractivity contribution is 0.0591. The molecular weight excluding hydrogens is 318 g/mol. The first-order chi connectivity index (χ1) is 11.9. The Labute approximate surface area is 147 Å². The maximum absolute atomic E-state index is 12.2. The zero-order chi connectivity index (χ0) is 17.6. The quantitative estimate of drug-likeness (QED) is 0.681. The zero-order valence-corrected chi connectivity index (χ0v) is 14.7. The molecule has 0 amide bonds. The highest BCUT2D eigenvalue weighted by Crippen LogP contribution is 2.47. The van der Waals surface area contributed by atoms with Gasteiger partial charge in [0.25, 0.3) is 0 Å². The number of carbonyl (C=O) groups is 1. The summed E-state index contributed by atoms with van der Waals surface area (Å²) in [6.07, 6.45) is 2.87. The largest absolute Gasteiger partial charge is 0.370 e. The Hall–Kier alpha value is -2.34. The molecule has 1 saturated heterocycles. The maximum atomic E-state index is 12.2. The lowest BCUT2D eigenvalue weighted by Gasteiger charge is -2.22. The third-order valence-corrected chi connectivity index (χ3v) is 4.76. The maximum Gasteiger partial charge on any atom is 0.362 e. The Bertz CT molecular complexity index is 769. The molecule has 1 aromatic heterocycles. The third kappa shape index (κ3) is 3.26. The van der Waals surface area contributed by atoms with Crippen molar-refractivity contribution >= 4 is 11.8 Å². The number of epoxide rings is 1. The van der Waals surface area contributed by atoms with E-state index in [9.17, 15) is 4.79 Å². The Balaban J connectivity index is 1.51. The summed E-state index contributed by atoms with van der Waals surface area (Å²) in [5, 5.41) is 4.78. The molecule has 0 radical (unpaired) electrons. The van der Waals surface area contributed by atoms with Gasteiger partial charge in [0.15, 0.2) is 5.82 Å². The number of nitrogens with zero attached hydrogens (tertiary/aromatic N) is 2. The smallest absolute Gasteiger partial charge is 0.362 e. The number of benzene rings is 1. The molecule has 0 bridgehead atoms. The van der Waals surface area contributed by atoms with E-state index >= 15 is 0 Å². The molecule has 25 heavy (non-hydrogen) atoms. The molecule has 3 atom stereocenters. The number of carbonyl (C=O) groups excluding carboxylic acids is 1. The van der Waals surface area contributed by atoms with E-state index in [0.29, 0.717) is 29.5 Å². The molecule has 132 valence electrons. The van der Waals surface area contributed by atoms with E-state index in [1.165, 1.54) is 0 Å². The van der Waals surface area contributed by atoms with E-state index in [2.05, 4.69) is 26.3 Å². The lowest BCUT2D eigenvalue weighted by Crippen LogP contribution is -2.26. The highest BCUT2D eigenvalue weighted by molar-refractivity contribution is 5.89. The second-order valence-electron chi connectivity index (χ2n) is 7.78. The molecule has 2 fully saturated rings. The van der Waals surface area contributed by atoms with Gasteiger partial charge in [0.2, 0.25) is 0 Å². The minimum Gasteiger partial charge on any atom is -0.370 e. The Morgan fingerprint density at radius 3 is 2.56 bits per heavy atom. The first kappa shape index (κ1) is 16.1. The van der Waals surface area contributed by atoms with Crippen LogP contribution in [0.2, 0.25) is 0 Å². The number of anilines is 1. The second-order valence-corrected chi connectivity index (χ2v) is 7.78. The van der Waals surface area contributed by atoms with Gasteiger partial charge in [-0.3, -0.25) is 0 Å². The van der Waals surface area contributed by atoms with Crippen LogP contribution in [0.1, 0.15) is 55.6 Å². The van der Waals surface area contributed by atoms with Crippen LogP contribution in [-0.4, -0.2) is 28.0 Å². The van der Waals surface area contributed by atoms with Crippen LogP contribution in [0.3, 0.4) is 0 Å². The number of hydrogen-bond donors (Lipinski definition) is 1.